The average Bonchev–Trinajstić information content (AvgIpc) is 2.26. The van der Waals surface area contributed by atoms with Crippen molar-refractivity contribution in [2.45, 2.75) is 32.1 Å². The summed E-state index contributed by atoms with van der Waals surface area (Å²) in [7, 11) is 1.40. The highest BCUT2D eigenvalue weighted by Gasteiger charge is 2.13. The van der Waals surface area contributed by atoms with Crippen molar-refractivity contribution in [1.82, 2.24) is 0 Å². The zero-order valence-corrected chi connectivity index (χ0v) is 8.49. The highest BCUT2D eigenvalue weighted by Crippen LogP contribution is 2.24. The lowest BCUT2D eigenvalue weighted by atomic mass is 9.89. The third kappa shape index (κ3) is 3.32. The van der Waals surface area contributed by atoms with Gasteiger partial charge in [-0.15, -0.1) is 0 Å². The molecule has 0 amide bonds. The number of methoxy groups -OCH3 is 1. The molecule has 0 saturated heterocycles. The minimum atomic E-state index is -0.164. The maximum absolute atomic E-state index is 10.9. The number of aldehydes is 1. The number of carbonyl (C=O) groups is 2. The lowest BCUT2D eigenvalue weighted by molar-refractivity contribution is -0.140. The van der Waals surface area contributed by atoms with Crippen molar-refractivity contribution in [3.8, 4) is 0 Å². The second kappa shape index (κ2) is 5.58. The van der Waals surface area contributed by atoms with Gasteiger partial charge in [-0.25, -0.2) is 0 Å². The first-order valence-electron chi connectivity index (χ1n) is 4.96. The number of hydrogen-bond donors (Lipinski definition) is 0. The summed E-state index contributed by atoms with van der Waals surface area (Å²) in [6, 6.07) is 0. The van der Waals surface area contributed by atoms with E-state index in [1.54, 1.807) is 0 Å². The van der Waals surface area contributed by atoms with Crippen molar-refractivity contribution < 1.29 is 14.3 Å². The standard InChI is InChI=1S/C11H16O3/c1-14-11(13)7-6-9-2-4-10(8-12)5-3-9/h2,8,10H,3-7H2,1H3. The summed E-state index contributed by atoms with van der Waals surface area (Å²) in [5.74, 6) is 0.0280. The molecule has 14 heavy (non-hydrogen) atoms. The van der Waals surface area contributed by atoms with E-state index >= 15 is 0 Å². The largest absolute Gasteiger partial charge is 0.469 e. The van der Waals surface area contributed by atoms with Crippen LogP contribution < -0.4 is 0 Å². The van der Waals surface area contributed by atoms with Crippen LogP contribution >= 0.6 is 0 Å². The van der Waals surface area contributed by atoms with Gasteiger partial charge < -0.3 is 9.53 Å². The van der Waals surface area contributed by atoms with Gasteiger partial charge >= 0.3 is 5.97 Å². The first kappa shape index (κ1) is 11.0. The molecule has 0 radical (unpaired) electrons. The predicted molar refractivity (Wildman–Crippen MR) is 52.7 cm³/mol. The average molecular weight is 196 g/mol. The Balaban J connectivity index is 2.29. The second-order valence-corrected chi connectivity index (χ2v) is 3.61. The van der Waals surface area contributed by atoms with Crippen molar-refractivity contribution in [2.24, 2.45) is 5.92 Å². The van der Waals surface area contributed by atoms with Crippen molar-refractivity contribution >= 4 is 12.3 Å². The Labute approximate surface area is 84.1 Å². The summed E-state index contributed by atoms with van der Waals surface area (Å²) < 4.78 is 4.56. The molecular formula is C11H16O3. The van der Waals surface area contributed by atoms with E-state index < -0.39 is 0 Å². The van der Waals surface area contributed by atoms with Crippen LogP contribution in [-0.2, 0) is 14.3 Å². The number of hydrogen-bond acceptors (Lipinski definition) is 3. The Morgan fingerprint density at radius 1 is 1.71 bits per heavy atom. The molecule has 0 bridgehead atoms. The van der Waals surface area contributed by atoms with Gasteiger partial charge in [0.2, 0.25) is 0 Å². The minimum Gasteiger partial charge on any atom is -0.469 e. The second-order valence-electron chi connectivity index (χ2n) is 3.61. The van der Waals surface area contributed by atoms with Crippen molar-refractivity contribution in [3.63, 3.8) is 0 Å². The van der Waals surface area contributed by atoms with E-state index in [0.29, 0.717) is 6.42 Å². The molecule has 1 aliphatic rings. The molecular weight excluding hydrogens is 180 g/mol. The normalized spacial score (nSPS) is 21.2. The predicted octanol–water partition coefficient (Wildman–Crippen LogP) is 1.86. The van der Waals surface area contributed by atoms with E-state index in [-0.39, 0.29) is 11.9 Å². The molecule has 1 unspecified atom stereocenters. The molecule has 0 heterocycles. The van der Waals surface area contributed by atoms with Gasteiger partial charge in [-0.05, 0) is 25.7 Å². The van der Waals surface area contributed by atoms with E-state index in [1.807, 2.05) is 0 Å². The first-order chi connectivity index (χ1) is 6.76. The van der Waals surface area contributed by atoms with E-state index in [1.165, 1.54) is 12.7 Å². The molecule has 1 aliphatic carbocycles. The van der Waals surface area contributed by atoms with Crippen LogP contribution in [0, 0.1) is 5.92 Å². The summed E-state index contributed by atoms with van der Waals surface area (Å²) in [6.45, 7) is 0. The Hall–Kier alpha value is -1.12. The monoisotopic (exact) mass is 196 g/mol. The van der Waals surface area contributed by atoms with Gasteiger partial charge in [-0.1, -0.05) is 11.6 Å². The number of esters is 1. The zero-order chi connectivity index (χ0) is 10.4. The van der Waals surface area contributed by atoms with Gasteiger partial charge in [0.25, 0.3) is 0 Å². The van der Waals surface area contributed by atoms with Gasteiger partial charge in [0, 0.05) is 12.3 Å². The molecule has 0 aromatic carbocycles. The van der Waals surface area contributed by atoms with Gasteiger partial charge in [0.05, 0.1) is 7.11 Å². The van der Waals surface area contributed by atoms with E-state index in [4.69, 9.17) is 0 Å². The fourth-order valence-corrected chi connectivity index (χ4v) is 1.62. The molecule has 0 aromatic heterocycles. The highest BCUT2D eigenvalue weighted by atomic mass is 16.5. The molecule has 0 N–H and O–H groups in total. The van der Waals surface area contributed by atoms with E-state index in [2.05, 4.69) is 10.8 Å². The number of rotatable bonds is 4. The maximum atomic E-state index is 10.9. The van der Waals surface area contributed by atoms with Crippen LogP contribution in [0.5, 0.6) is 0 Å². The highest BCUT2D eigenvalue weighted by molar-refractivity contribution is 5.69. The molecule has 0 aromatic rings. The molecule has 1 atom stereocenters. The molecule has 0 fully saturated rings. The topological polar surface area (TPSA) is 43.4 Å². The molecule has 0 saturated carbocycles. The van der Waals surface area contributed by atoms with Crippen LogP contribution in [0.1, 0.15) is 32.1 Å². The van der Waals surface area contributed by atoms with Gasteiger partial charge in [0.15, 0.2) is 0 Å². The van der Waals surface area contributed by atoms with Crippen LogP contribution in [-0.4, -0.2) is 19.4 Å². The van der Waals surface area contributed by atoms with Crippen molar-refractivity contribution in [2.75, 3.05) is 7.11 Å². The van der Waals surface area contributed by atoms with Gasteiger partial charge in [-0.3, -0.25) is 4.79 Å². The smallest absolute Gasteiger partial charge is 0.305 e. The van der Waals surface area contributed by atoms with Crippen LogP contribution in [0.25, 0.3) is 0 Å². The third-order valence-electron chi connectivity index (χ3n) is 2.62. The Morgan fingerprint density at radius 2 is 2.50 bits per heavy atom. The van der Waals surface area contributed by atoms with Crippen molar-refractivity contribution in [1.29, 1.82) is 0 Å². The summed E-state index contributed by atoms with van der Waals surface area (Å²) in [5, 5.41) is 0. The molecule has 1 rings (SSSR count). The molecule has 78 valence electrons. The summed E-state index contributed by atoms with van der Waals surface area (Å²) in [4.78, 5) is 21.3. The van der Waals surface area contributed by atoms with Crippen LogP contribution in [0.3, 0.4) is 0 Å². The summed E-state index contributed by atoms with van der Waals surface area (Å²) >= 11 is 0. The molecule has 0 spiro atoms. The van der Waals surface area contributed by atoms with Crippen LogP contribution in [0.15, 0.2) is 11.6 Å². The van der Waals surface area contributed by atoms with Crippen LogP contribution in [0.4, 0.5) is 0 Å². The third-order valence-corrected chi connectivity index (χ3v) is 2.62. The lowest BCUT2D eigenvalue weighted by Gasteiger charge is -2.16. The first-order valence-corrected chi connectivity index (χ1v) is 4.96. The van der Waals surface area contributed by atoms with Crippen LogP contribution in [0.2, 0.25) is 0 Å². The maximum Gasteiger partial charge on any atom is 0.305 e. The number of ether oxygens (including phenoxy) is 1. The van der Waals surface area contributed by atoms with E-state index in [0.717, 1.165) is 32.0 Å². The minimum absolute atomic E-state index is 0.164. The fourth-order valence-electron chi connectivity index (χ4n) is 1.62. The quantitative estimate of drug-likeness (QED) is 0.391. The van der Waals surface area contributed by atoms with E-state index in [9.17, 15) is 9.59 Å². The Kier molecular flexibility index (Phi) is 4.36. The fraction of sp³-hybridized carbons (Fsp3) is 0.636. The summed E-state index contributed by atoms with van der Waals surface area (Å²) in [5.41, 5.74) is 1.29. The van der Waals surface area contributed by atoms with Gasteiger partial charge in [0.1, 0.15) is 6.29 Å². The van der Waals surface area contributed by atoms with Gasteiger partial charge in [-0.2, -0.15) is 0 Å². The molecule has 3 nitrogen and oxygen atoms in total. The number of allylic oxidation sites excluding steroid dienone is 2. The Morgan fingerprint density at radius 3 is 3.00 bits per heavy atom. The van der Waals surface area contributed by atoms with Crippen molar-refractivity contribution in [3.05, 3.63) is 11.6 Å². The summed E-state index contributed by atoms with van der Waals surface area (Å²) in [6.07, 6.45) is 7.04. The SMILES string of the molecule is COC(=O)CCC1=CCC(C=O)CC1. The Bertz CT molecular complexity index is 243. The number of carbonyl (C=O) groups excluding carboxylic acids is 2. The lowest BCUT2D eigenvalue weighted by Crippen LogP contribution is -2.08. The zero-order valence-electron chi connectivity index (χ0n) is 8.49. The molecule has 0 aliphatic heterocycles. The molecule has 3 heteroatoms.